The second kappa shape index (κ2) is 9.43. The van der Waals surface area contributed by atoms with Gasteiger partial charge in [0.15, 0.2) is 0 Å². The van der Waals surface area contributed by atoms with E-state index in [0.717, 1.165) is 37.2 Å². The van der Waals surface area contributed by atoms with Crippen molar-refractivity contribution in [2.24, 2.45) is 5.73 Å². The minimum absolute atomic E-state index is 0.0463. The van der Waals surface area contributed by atoms with Gasteiger partial charge in [0, 0.05) is 37.2 Å². The highest BCUT2D eigenvalue weighted by Gasteiger charge is 2.28. The van der Waals surface area contributed by atoms with Crippen molar-refractivity contribution in [3.63, 3.8) is 0 Å². The van der Waals surface area contributed by atoms with Crippen LogP contribution in [0.5, 0.6) is 0 Å². The van der Waals surface area contributed by atoms with E-state index >= 15 is 0 Å². The summed E-state index contributed by atoms with van der Waals surface area (Å²) in [5.41, 5.74) is 7.46. The standard InChI is InChI=1S/C21H29N7O2/c1-13(2)25-19-16(18(22)29)12-24-21(27-19)26-14-7-9-15(10-8-14)28-11-5-4-6-17(28)20(30)23-3/h7-10,12-13,17H,4-6,11H2,1-3H3,(H2,22,29)(H,23,30)(H2,24,25,26,27)/t17-/m0/s1. The number of aromatic nitrogens is 2. The van der Waals surface area contributed by atoms with E-state index < -0.39 is 5.91 Å². The first-order valence-electron chi connectivity index (χ1n) is 10.2. The Hall–Kier alpha value is -3.36. The number of carbonyl (C=O) groups is 2. The zero-order chi connectivity index (χ0) is 21.7. The van der Waals surface area contributed by atoms with Crippen molar-refractivity contribution in [1.29, 1.82) is 0 Å². The fourth-order valence-corrected chi connectivity index (χ4v) is 3.55. The second-order valence-corrected chi connectivity index (χ2v) is 7.61. The van der Waals surface area contributed by atoms with Crippen LogP contribution in [0.4, 0.5) is 23.1 Å². The summed E-state index contributed by atoms with van der Waals surface area (Å²) < 4.78 is 0. The summed E-state index contributed by atoms with van der Waals surface area (Å²) in [6.45, 7) is 4.75. The fourth-order valence-electron chi connectivity index (χ4n) is 3.55. The van der Waals surface area contributed by atoms with Gasteiger partial charge >= 0.3 is 0 Å². The molecular formula is C21H29N7O2. The van der Waals surface area contributed by atoms with E-state index in [4.69, 9.17) is 5.73 Å². The maximum atomic E-state index is 12.2. The quantitative estimate of drug-likeness (QED) is 0.550. The fraction of sp³-hybridized carbons (Fsp3) is 0.429. The maximum Gasteiger partial charge on any atom is 0.254 e. The smallest absolute Gasteiger partial charge is 0.254 e. The number of hydrogen-bond acceptors (Lipinski definition) is 7. The molecule has 2 amide bonds. The second-order valence-electron chi connectivity index (χ2n) is 7.61. The number of rotatable bonds is 7. The molecule has 1 aromatic heterocycles. The van der Waals surface area contributed by atoms with E-state index in [-0.39, 0.29) is 23.6 Å². The first-order chi connectivity index (χ1) is 14.4. The molecule has 3 rings (SSSR count). The van der Waals surface area contributed by atoms with Gasteiger partial charge in [0.25, 0.3) is 5.91 Å². The lowest BCUT2D eigenvalue weighted by atomic mass is 10.0. The number of benzene rings is 1. The number of likely N-dealkylation sites (N-methyl/N-ethyl adjacent to an activating group) is 1. The molecule has 1 aromatic carbocycles. The van der Waals surface area contributed by atoms with E-state index in [2.05, 4.69) is 30.8 Å². The van der Waals surface area contributed by atoms with E-state index in [9.17, 15) is 9.59 Å². The lowest BCUT2D eigenvalue weighted by molar-refractivity contribution is -0.122. The number of nitrogens with zero attached hydrogens (tertiary/aromatic N) is 3. The first-order valence-corrected chi connectivity index (χ1v) is 10.2. The number of carbonyl (C=O) groups excluding carboxylic acids is 2. The highest BCUT2D eigenvalue weighted by Crippen LogP contribution is 2.27. The van der Waals surface area contributed by atoms with Crippen molar-refractivity contribution in [1.82, 2.24) is 15.3 Å². The van der Waals surface area contributed by atoms with Crippen molar-refractivity contribution in [3.05, 3.63) is 36.0 Å². The van der Waals surface area contributed by atoms with Gasteiger partial charge in [-0.1, -0.05) is 0 Å². The summed E-state index contributed by atoms with van der Waals surface area (Å²) in [7, 11) is 1.67. The molecule has 2 aromatic rings. The van der Waals surface area contributed by atoms with Gasteiger partial charge in [0.1, 0.15) is 11.9 Å². The van der Waals surface area contributed by atoms with Crippen LogP contribution in [0.3, 0.4) is 0 Å². The van der Waals surface area contributed by atoms with Gasteiger partial charge in [-0.15, -0.1) is 0 Å². The van der Waals surface area contributed by atoms with Crippen molar-refractivity contribution in [2.75, 3.05) is 29.1 Å². The van der Waals surface area contributed by atoms with Crippen LogP contribution in [-0.2, 0) is 4.79 Å². The summed E-state index contributed by atoms with van der Waals surface area (Å²) in [6, 6.07) is 7.75. The number of hydrogen-bond donors (Lipinski definition) is 4. The molecule has 1 aliphatic heterocycles. The Balaban J connectivity index is 1.77. The average Bonchev–Trinajstić information content (AvgIpc) is 2.73. The predicted molar refractivity (Wildman–Crippen MR) is 118 cm³/mol. The highest BCUT2D eigenvalue weighted by molar-refractivity contribution is 5.97. The molecule has 1 aliphatic rings. The Bertz CT molecular complexity index is 899. The van der Waals surface area contributed by atoms with Crippen LogP contribution in [0.15, 0.2) is 30.5 Å². The molecule has 1 fully saturated rings. The summed E-state index contributed by atoms with van der Waals surface area (Å²) in [6.07, 6.45) is 4.39. The molecule has 2 heterocycles. The van der Waals surface area contributed by atoms with Crippen molar-refractivity contribution in [2.45, 2.75) is 45.2 Å². The minimum atomic E-state index is -0.582. The van der Waals surface area contributed by atoms with Crippen LogP contribution < -0.4 is 26.6 Å². The van der Waals surface area contributed by atoms with Crippen LogP contribution in [0.25, 0.3) is 0 Å². The van der Waals surface area contributed by atoms with Crippen LogP contribution in [0.1, 0.15) is 43.5 Å². The SMILES string of the molecule is CNC(=O)[C@@H]1CCCCN1c1ccc(Nc2ncc(C(N)=O)c(NC(C)C)n2)cc1. The first kappa shape index (κ1) is 21.4. The van der Waals surface area contributed by atoms with Gasteiger partial charge < -0.3 is 26.6 Å². The summed E-state index contributed by atoms with van der Waals surface area (Å²) in [5.74, 6) is 0.219. The molecule has 5 N–H and O–H groups in total. The molecule has 9 heteroatoms. The lowest BCUT2D eigenvalue weighted by Gasteiger charge is -2.36. The Morgan fingerprint density at radius 1 is 1.20 bits per heavy atom. The molecular weight excluding hydrogens is 382 g/mol. The monoisotopic (exact) mass is 411 g/mol. The van der Waals surface area contributed by atoms with E-state index in [0.29, 0.717) is 11.8 Å². The van der Waals surface area contributed by atoms with E-state index in [1.54, 1.807) is 7.05 Å². The van der Waals surface area contributed by atoms with Gasteiger partial charge in [0.05, 0.1) is 5.56 Å². The Kier molecular flexibility index (Phi) is 6.71. The Morgan fingerprint density at radius 2 is 1.93 bits per heavy atom. The molecule has 30 heavy (non-hydrogen) atoms. The predicted octanol–water partition coefficient (Wildman–Crippen LogP) is 2.24. The topological polar surface area (TPSA) is 125 Å². The van der Waals surface area contributed by atoms with Crippen LogP contribution >= 0.6 is 0 Å². The summed E-state index contributed by atoms with van der Waals surface area (Å²) >= 11 is 0. The van der Waals surface area contributed by atoms with E-state index in [1.165, 1.54) is 6.20 Å². The lowest BCUT2D eigenvalue weighted by Crippen LogP contribution is -2.48. The Morgan fingerprint density at radius 3 is 2.57 bits per heavy atom. The molecule has 0 unspecified atom stereocenters. The van der Waals surface area contributed by atoms with Crippen LogP contribution in [-0.4, -0.2) is 47.5 Å². The number of nitrogens with one attached hydrogen (secondary N) is 3. The third-order valence-electron chi connectivity index (χ3n) is 4.99. The molecule has 0 bridgehead atoms. The van der Waals surface area contributed by atoms with Gasteiger partial charge in [-0.2, -0.15) is 4.98 Å². The zero-order valence-electron chi connectivity index (χ0n) is 17.6. The van der Waals surface area contributed by atoms with Gasteiger partial charge in [0.2, 0.25) is 11.9 Å². The molecule has 9 nitrogen and oxygen atoms in total. The molecule has 1 atom stereocenters. The normalized spacial score (nSPS) is 16.3. The molecule has 0 saturated carbocycles. The molecule has 0 aliphatic carbocycles. The van der Waals surface area contributed by atoms with Crippen molar-refractivity contribution in [3.8, 4) is 0 Å². The van der Waals surface area contributed by atoms with Crippen LogP contribution in [0, 0.1) is 0 Å². The number of piperidine rings is 1. The summed E-state index contributed by atoms with van der Waals surface area (Å²) in [4.78, 5) is 34.6. The molecule has 160 valence electrons. The minimum Gasteiger partial charge on any atom is -0.367 e. The number of nitrogens with two attached hydrogens (primary N) is 1. The molecule has 0 spiro atoms. The van der Waals surface area contributed by atoms with Crippen LogP contribution in [0.2, 0.25) is 0 Å². The van der Waals surface area contributed by atoms with E-state index in [1.807, 2.05) is 38.1 Å². The third kappa shape index (κ3) is 4.97. The largest absolute Gasteiger partial charge is 0.367 e. The number of amides is 2. The number of primary amides is 1. The van der Waals surface area contributed by atoms with Crippen molar-refractivity contribution < 1.29 is 9.59 Å². The average molecular weight is 412 g/mol. The zero-order valence-corrected chi connectivity index (χ0v) is 17.6. The Labute approximate surface area is 176 Å². The highest BCUT2D eigenvalue weighted by atomic mass is 16.2. The summed E-state index contributed by atoms with van der Waals surface area (Å²) in [5, 5.41) is 9.03. The maximum absolute atomic E-state index is 12.2. The van der Waals surface area contributed by atoms with Crippen molar-refractivity contribution >= 4 is 35.0 Å². The third-order valence-corrected chi connectivity index (χ3v) is 4.99. The molecule has 0 radical (unpaired) electrons. The molecule has 1 saturated heterocycles. The van der Waals surface area contributed by atoms with Gasteiger partial charge in [-0.3, -0.25) is 9.59 Å². The van der Waals surface area contributed by atoms with Gasteiger partial charge in [-0.25, -0.2) is 4.98 Å². The van der Waals surface area contributed by atoms with Gasteiger partial charge in [-0.05, 0) is 57.4 Å². The number of anilines is 4.